The topological polar surface area (TPSA) is 49.4 Å². The fourth-order valence-electron chi connectivity index (χ4n) is 2.44. The third kappa shape index (κ3) is 4.23. The van der Waals surface area contributed by atoms with Crippen molar-refractivity contribution in [1.29, 1.82) is 0 Å². The van der Waals surface area contributed by atoms with Gasteiger partial charge in [-0.1, -0.05) is 46.9 Å². The molecule has 2 amide bonds. The number of halogens is 3. The van der Waals surface area contributed by atoms with E-state index in [1.165, 1.54) is 23.9 Å². The van der Waals surface area contributed by atoms with Crippen LogP contribution >= 0.6 is 46.6 Å². The molecule has 1 N–H and O–H groups in total. The van der Waals surface area contributed by atoms with Gasteiger partial charge in [-0.3, -0.25) is 9.59 Å². The summed E-state index contributed by atoms with van der Waals surface area (Å²) in [5.74, 6) is 0.102. The van der Waals surface area contributed by atoms with Crippen LogP contribution in [-0.4, -0.2) is 24.1 Å². The molecule has 4 nitrogen and oxygen atoms in total. The minimum Gasteiger partial charge on any atom is -0.325 e. The van der Waals surface area contributed by atoms with E-state index in [9.17, 15) is 9.59 Å². The van der Waals surface area contributed by atoms with E-state index in [0.717, 1.165) is 10.6 Å². The molecule has 1 aliphatic heterocycles. The molecule has 0 unspecified atom stereocenters. The number of benzene rings is 2. The first-order chi connectivity index (χ1) is 12.0. The van der Waals surface area contributed by atoms with Crippen molar-refractivity contribution >= 4 is 69.8 Å². The first-order valence-electron chi connectivity index (χ1n) is 7.42. The third-order valence-electron chi connectivity index (χ3n) is 3.65. The van der Waals surface area contributed by atoms with Gasteiger partial charge in [0.05, 0.1) is 32.2 Å². The molecule has 0 bridgehead atoms. The molecule has 0 spiro atoms. The molecule has 0 aromatic heterocycles. The Hall–Kier alpha value is -1.40. The number of rotatable bonds is 4. The second-order valence-electron chi connectivity index (χ2n) is 5.35. The molecule has 3 rings (SSSR count). The second kappa shape index (κ2) is 7.87. The molecule has 0 aliphatic carbocycles. The molecule has 130 valence electrons. The number of nitrogens with zero attached hydrogens (tertiary/aromatic N) is 1. The lowest BCUT2D eigenvalue weighted by molar-refractivity contribution is -0.117. The number of anilines is 2. The van der Waals surface area contributed by atoms with Crippen LogP contribution in [0.3, 0.4) is 0 Å². The summed E-state index contributed by atoms with van der Waals surface area (Å²) in [5, 5.41) is 3.63. The Morgan fingerprint density at radius 2 is 1.84 bits per heavy atom. The van der Waals surface area contributed by atoms with Crippen molar-refractivity contribution in [2.75, 3.05) is 22.5 Å². The third-order valence-corrected chi connectivity index (χ3v) is 5.74. The molecule has 8 heteroatoms. The Balaban J connectivity index is 1.67. The van der Waals surface area contributed by atoms with Gasteiger partial charge in [-0.15, -0.1) is 11.8 Å². The van der Waals surface area contributed by atoms with Gasteiger partial charge in [0.2, 0.25) is 11.8 Å². The van der Waals surface area contributed by atoms with Crippen LogP contribution in [0.4, 0.5) is 11.4 Å². The van der Waals surface area contributed by atoms with Crippen LogP contribution in [0.5, 0.6) is 0 Å². The minimum absolute atomic E-state index is 0.0101. The number of carbonyl (C=O) groups is 2. The van der Waals surface area contributed by atoms with Gasteiger partial charge in [0, 0.05) is 17.9 Å². The number of thioether (sulfide) groups is 1. The van der Waals surface area contributed by atoms with Crippen LogP contribution in [0, 0.1) is 0 Å². The standard InChI is InChI=1S/C17H13Cl3N2O2S/c18-10-7-12(20)13(8-11(10)19)21-16(23)5-6-22-14-3-1-2-4-15(14)25-9-17(22)24/h1-4,7-8H,5-6,9H2,(H,21,23). The Morgan fingerprint density at radius 3 is 2.64 bits per heavy atom. The van der Waals surface area contributed by atoms with Crippen LogP contribution < -0.4 is 10.2 Å². The zero-order chi connectivity index (χ0) is 18.0. The highest BCUT2D eigenvalue weighted by Crippen LogP contribution is 2.35. The van der Waals surface area contributed by atoms with Crippen LogP contribution in [-0.2, 0) is 9.59 Å². The molecular weight excluding hydrogens is 403 g/mol. The van der Waals surface area contributed by atoms with Crippen LogP contribution in [0.2, 0.25) is 15.1 Å². The van der Waals surface area contributed by atoms with Crippen molar-refractivity contribution in [3.63, 3.8) is 0 Å². The van der Waals surface area contributed by atoms with Crippen LogP contribution in [0.1, 0.15) is 6.42 Å². The lowest BCUT2D eigenvalue weighted by Crippen LogP contribution is -2.37. The van der Waals surface area contributed by atoms with Crippen molar-refractivity contribution in [2.45, 2.75) is 11.3 Å². The maximum Gasteiger partial charge on any atom is 0.237 e. The number of para-hydroxylation sites is 1. The van der Waals surface area contributed by atoms with E-state index in [1.54, 1.807) is 4.90 Å². The lowest BCUT2D eigenvalue weighted by atomic mass is 10.2. The number of carbonyl (C=O) groups excluding carboxylic acids is 2. The average Bonchev–Trinajstić information content (AvgIpc) is 2.59. The van der Waals surface area contributed by atoms with Crippen LogP contribution in [0.25, 0.3) is 0 Å². The molecule has 0 atom stereocenters. The summed E-state index contributed by atoms with van der Waals surface area (Å²) >= 11 is 19.4. The summed E-state index contributed by atoms with van der Waals surface area (Å²) in [5.41, 5.74) is 1.23. The number of amides is 2. The van der Waals surface area contributed by atoms with Crippen molar-refractivity contribution < 1.29 is 9.59 Å². The van der Waals surface area contributed by atoms with Gasteiger partial charge in [-0.05, 0) is 24.3 Å². The van der Waals surface area contributed by atoms with Gasteiger partial charge in [0.1, 0.15) is 0 Å². The number of hydrogen-bond acceptors (Lipinski definition) is 3. The van der Waals surface area contributed by atoms with Crippen LogP contribution in [0.15, 0.2) is 41.3 Å². The first-order valence-corrected chi connectivity index (χ1v) is 9.54. The predicted octanol–water partition coefficient (Wildman–Crippen LogP) is 5.11. The van der Waals surface area contributed by atoms with E-state index >= 15 is 0 Å². The Bertz CT molecular complexity index is 845. The monoisotopic (exact) mass is 414 g/mol. The van der Waals surface area contributed by atoms with Crippen molar-refractivity contribution in [3.8, 4) is 0 Å². The molecular formula is C17H13Cl3N2O2S. The molecule has 2 aromatic carbocycles. The average molecular weight is 416 g/mol. The van der Waals surface area contributed by atoms with Gasteiger partial charge in [-0.25, -0.2) is 0 Å². The quantitative estimate of drug-likeness (QED) is 0.706. The molecule has 1 heterocycles. The van der Waals surface area contributed by atoms with E-state index in [-0.39, 0.29) is 18.2 Å². The molecule has 25 heavy (non-hydrogen) atoms. The maximum atomic E-state index is 12.2. The number of fused-ring (bicyclic) bond motifs is 1. The first kappa shape index (κ1) is 18.4. The Morgan fingerprint density at radius 1 is 1.12 bits per heavy atom. The molecule has 1 aliphatic rings. The second-order valence-corrected chi connectivity index (χ2v) is 7.58. The normalized spacial score (nSPS) is 13.6. The Labute approximate surface area is 164 Å². The largest absolute Gasteiger partial charge is 0.325 e. The van der Waals surface area contributed by atoms with Gasteiger partial charge in [-0.2, -0.15) is 0 Å². The fraction of sp³-hybridized carbons (Fsp3) is 0.176. The van der Waals surface area contributed by atoms with E-state index in [0.29, 0.717) is 33.1 Å². The highest BCUT2D eigenvalue weighted by Gasteiger charge is 2.24. The van der Waals surface area contributed by atoms with Gasteiger partial charge in [0.25, 0.3) is 0 Å². The van der Waals surface area contributed by atoms with Gasteiger partial charge < -0.3 is 10.2 Å². The smallest absolute Gasteiger partial charge is 0.237 e. The molecule has 0 saturated heterocycles. The molecule has 0 radical (unpaired) electrons. The summed E-state index contributed by atoms with van der Waals surface area (Å²) in [4.78, 5) is 27.1. The van der Waals surface area contributed by atoms with Gasteiger partial charge >= 0.3 is 0 Å². The maximum absolute atomic E-state index is 12.2. The highest BCUT2D eigenvalue weighted by molar-refractivity contribution is 8.00. The summed E-state index contributed by atoms with van der Waals surface area (Å²) in [6.45, 7) is 0.293. The predicted molar refractivity (Wildman–Crippen MR) is 104 cm³/mol. The highest BCUT2D eigenvalue weighted by atomic mass is 35.5. The van der Waals surface area contributed by atoms with Gasteiger partial charge in [0.15, 0.2) is 0 Å². The van der Waals surface area contributed by atoms with Crippen molar-refractivity contribution in [3.05, 3.63) is 51.5 Å². The van der Waals surface area contributed by atoms with Crippen molar-refractivity contribution in [1.82, 2.24) is 0 Å². The number of nitrogens with one attached hydrogen (secondary N) is 1. The summed E-state index contributed by atoms with van der Waals surface area (Å²) in [6, 6.07) is 10.6. The summed E-state index contributed by atoms with van der Waals surface area (Å²) in [6.07, 6.45) is 0.140. The van der Waals surface area contributed by atoms with E-state index in [4.69, 9.17) is 34.8 Å². The summed E-state index contributed by atoms with van der Waals surface area (Å²) < 4.78 is 0. The van der Waals surface area contributed by atoms with E-state index in [2.05, 4.69) is 5.32 Å². The minimum atomic E-state index is -0.260. The Kier molecular flexibility index (Phi) is 5.79. The summed E-state index contributed by atoms with van der Waals surface area (Å²) in [7, 11) is 0. The lowest BCUT2D eigenvalue weighted by Gasteiger charge is -2.28. The zero-order valence-electron chi connectivity index (χ0n) is 12.9. The fourth-order valence-corrected chi connectivity index (χ4v) is 3.97. The van der Waals surface area contributed by atoms with Crippen molar-refractivity contribution in [2.24, 2.45) is 0 Å². The van der Waals surface area contributed by atoms with E-state index < -0.39 is 0 Å². The molecule has 2 aromatic rings. The SMILES string of the molecule is O=C(CCN1C(=O)CSc2ccccc21)Nc1cc(Cl)c(Cl)cc1Cl. The van der Waals surface area contributed by atoms with E-state index in [1.807, 2.05) is 24.3 Å². The molecule has 0 fully saturated rings. The zero-order valence-corrected chi connectivity index (χ0v) is 16.0. The molecule has 0 saturated carbocycles. The number of hydrogen-bond donors (Lipinski definition) is 1.